The fraction of sp³-hybridized carbons (Fsp3) is 0.353. The van der Waals surface area contributed by atoms with Crippen LogP contribution in [0, 0.1) is 11.3 Å². The van der Waals surface area contributed by atoms with Crippen molar-refractivity contribution < 1.29 is 23.8 Å². The lowest BCUT2D eigenvalue weighted by molar-refractivity contribution is -0.112. The molecule has 0 bridgehead atoms. The molecule has 9 heteroatoms. The van der Waals surface area contributed by atoms with Gasteiger partial charge in [0.15, 0.2) is 11.5 Å². The first-order valence-electron chi connectivity index (χ1n) is 7.79. The van der Waals surface area contributed by atoms with Gasteiger partial charge in [-0.05, 0) is 19.1 Å². The molecular weight excluding hydrogens is 340 g/mol. The molecule has 0 unspecified atom stereocenters. The van der Waals surface area contributed by atoms with Crippen molar-refractivity contribution in [3.8, 4) is 17.6 Å². The van der Waals surface area contributed by atoms with Crippen LogP contribution in [-0.4, -0.2) is 50.8 Å². The smallest absolute Gasteiger partial charge is 0.413 e. The van der Waals surface area contributed by atoms with E-state index < -0.39 is 12.0 Å². The van der Waals surface area contributed by atoms with Crippen LogP contribution in [0.25, 0.3) is 0 Å². The lowest BCUT2D eigenvalue weighted by Gasteiger charge is -2.17. The van der Waals surface area contributed by atoms with Crippen molar-refractivity contribution in [3.05, 3.63) is 30.0 Å². The maximum atomic E-state index is 12.3. The summed E-state index contributed by atoms with van der Waals surface area (Å²) in [6, 6.07) is 6.52. The minimum atomic E-state index is -0.690. The highest BCUT2D eigenvalue weighted by Crippen LogP contribution is 2.29. The molecule has 0 radical (unpaired) electrons. The summed E-state index contributed by atoms with van der Waals surface area (Å²) in [7, 11) is 2.96. The summed E-state index contributed by atoms with van der Waals surface area (Å²) in [5.74, 6) is 0.230. The number of rotatable bonds is 8. The van der Waals surface area contributed by atoms with Crippen molar-refractivity contribution in [3.63, 3.8) is 0 Å². The SMILES string of the molecule is CCOC(=O)N(/C=C(/C#N)C(=O)Nc1ccc(OC)c(OC)c1)CCN. The molecule has 1 rings (SSSR count). The van der Waals surface area contributed by atoms with Gasteiger partial charge < -0.3 is 25.3 Å². The van der Waals surface area contributed by atoms with Gasteiger partial charge in [-0.25, -0.2) is 4.79 Å². The number of ether oxygens (including phenoxy) is 3. The minimum absolute atomic E-state index is 0.105. The molecule has 0 aromatic heterocycles. The Morgan fingerprint density at radius 1 is 1.31 bits per heavy atom. The van der Waals surface area contributed by atoms with Gasteiger partial charge in [-0.15, -0.1) is 0 Å². The largest absolute Gasteiger partial charge is 0.493 e. The van der Waals surface area contributed by atoms with Gasteiger partial charge in [0, 0.05) is 31.0 Å². The summed E-state index contributed by atoms with van der Waals surface area (Å²) in [5, 5.41) is 11.8. The number of carbonyl (C=O) groups is 2. The molecule has 0 aliphatic heterocycles. The van der Waals surface area contributed by atoms with Gasteiger partial charge in [0.25, 0.3) is 5.91 Å². The number of nitrogens with zero attached hydrogens (tertiary/aromatic N) is 2. The molecule has 0 saturated carbocycles. The van der Waals surface area contributed by atoms with Crippen LogP contribution in [0.5, 0.6) is 11.5 Å². The molecule has 9 nitrogen and oxygen atoms in total. The number of anilines is 1. The van der Waals surface area contributed by atoms with Gasteiger partial charge in [0.05, 0.1) is 20.8 Å². The Morgan fingerprint density at radius 2 is 2.00 bits per heavy atom. The monoisotopic (exact) mass is 362 g/mol. The van der Waals surface area contributed by atoms with Gasteiger partial charge in [-0.3, -0.25) is 9.69 Å². The van der Waals surface area contributed by atoms with Crippen molar-refractivity contribution in [2.24, 2.45) is 5.73 Å². The van der Waals surface area contributed by atoms with Crippen LogP contribution in [-0.2, 0) is 9.53 Å². The highest BCUT2D eigenvalue weighted by atomic mass is 16.6. The summed E-state index contributed by atoms with van der Waals surface area (Å²) in [5.41, 5.74) is 5.57. The zero-order valence-corrected chi connectivity index (χ0v) is 14.9. The Bertz CT molecular complexity index is 712. The second-order valence-corrected chi connectivity index (χ2v) is 4.86. The highest BCUT2D eigenvalue weighted by molar-refractivity contribution is 6.06. The van der Waals surface area contributed by atoms with Crippen LogP contribution in [0.3, 0.4) is 0 Å². The summed E-state index contributed by atoms with van der Waals surface area (Å²) < 4.78 is 15.2. The van der Waals surface area contributed by atoms with E-state index in [-0.39, 0.29) is 25.3 Å². The predicted molar refractivity (Wildman–Crippen MR) is 94.7 cm³/mol. The molecule has 3 N–H and O–H groups in total. The average molecular weight is 362 g/mol. The molecule has 2 amide bonds. The molecule has 26 heavy (non-hydrogen) atoms. The molecule has 0 aliphatic rings. The van der Waals surface area contributed by atoms with E-state index in [1.807, 2.05) is 0 Å². The molecule has 0 heterocycles. The molecule has 0 saturated heterocycles. The summed E-state index contributed by atoms with van der Waals surface area (Å²) in [4.78, 5) is 25.3. The maximum absolute atomic E-state index is 12.3. The average Bonchev–Trinajstić information content (AvgIpc) is 2.64. The number of benzene rings is 1. The molecule has 0 atom stereocenters. The second-order valence-electron chi connectivity index (χ2n) is 4.86. The van der Waals surface area contributed by atoms with E-state index in [1.54, 1.807) is 31.2 Å². The fourth-order valence-electron chi connectivity index (χ4n) is 1.96. The fourth-order valence-corrected chi connectivity index (χ4v) is 1.96. The van der Waals surface area contributed by atoms with E-state index in [0.29, 0.717) is 17.2 Å². The van der Waals surface area contributed by atoms with Crippen molar-refractivity contribution in [2.45, 2.75) is 6.92 Å². The summed E-state index contributed by atoms with van der Waals surface area (Å²) in [6.45, 7) is 2.06. The first-order chi connectivity index (χ1) is 12.5. The molecule has 0 aliphatic carbocycles. The number of carbonyl (C=O) groups excluding carboxylic acids is 2. The standard InChI is InChI=1S/C17H22N4O5/c1-4-26-17(23)21(8-7-18)11-12(10-19)16(22)20-13-5-6-14(24-2)15(9-13)25-3/h5-6,9,11H,4,7-8,18H2,1-3H3,(H,20,22)/b12-11-. The number of nitriles is 1. The van der Waals surface area contributed by atoms with E-state index in [2.05, 4.69) is 5.32 Å². The van der Waals surface area contributed by atoms with E-state index in [1.165, 1.54) is 14.2 Å². The molecule has 1 aromatic carbocycles. The second kappa shape index (κ2) is 10.6. The van der Waals surface area contributed by atoms with Crippen LogP contribution in [0.1, 0.15) is 6.92 Å². The third-order valence-electron chi connectivity index (χ3n) is 3.16. The van der Waals surface area contributed by atoms with Crippen molar-refractivity contribution in [1.29, 1.82) is 5.26 Å². The van der Waals surface area contributed by atoms with Gasteiger partial charge >= 0.3 is 6.09 Å². The van der Waals surface area contributed by atoms with Crippen LogP contribution >= 0.6 is 0 Å². The van der Waals surface area contributed by atoms with Crippen LogP contribution < -0.4 is 20.5 Å². The lowest BCUT2D eigenvalue weighted by Crippen LogP contribution is -2.32. The zero-order valence-electron chi connectivity index (χ0n) is 14.9. The van der Waals surface area contributed by atoms with Gasteiger partial charge in [0.1, 0.15) is 11.6 Å². The number of hydrogen-bond acceptors (Lipinski definition) is 7. The van der Waals surface area contributed by atoms with Crippen LogP contribution in [0.2, 0.25) is 0 Å². The molecule has 140 valence electrons. The number of hydrogen-bond donors (Lipinski definition) is 2. The Balaban J connectivity index is 3.00. The van der Waals surface area contributed by atoms with Gasteiger partial charge in [0.2, 0.25) is 0 Å². The quantitative estimate of drug-likeness (QED) is 0.529. The van der Waals surface area contributed by atoms with Gasteiger partial charge in [-0.2, -0.15) is 5.26 Å². The topological polar surface area (TPSA) is 127 Å². The number of nitrogens with two attached hydrogens (primary N) is 1. The van der Waals surface area contributed by atoms with Crippen molar-refractivity contribution >= 4 is 17.7 Å². The Morgan fingerprint density at radius 3 is 2.54 bits per heavy atom. The van der Waals surface area contributed by atoms with E-state index in [9.17, 15) is 14.9 Å². The first-order valence-corrected chi connectivity index (χ1v) is 7.79. The van der Waals surface area contributed by atoms with E-state index in [0.717, 1.165) is 11.1 Å². The molecule has 1 aromatic rings. The summed E-state index contributed by atoms with van der Waals surface area (Å²) in [6.07, 6.45) is 0.422. The highest BCUT2D eigenvalue weighted by Gasteiger charge is 2.17. The lowest BCUT2D eigenvalue weighted by atomic mass is 10.2. The first kappa shape index (κ1) is 20.8. The van der Waals surface area contributed by atoms with Crippen molar-refractivity contribution in [2.75, 3.05) is 39.2 Å². The molecular formula is C17H22N4O5. The molecule has 0 spiro atoms. The van der Waals surface area contributed by atoms with Gasteiger partial charge in [-0.1, -0.05) is 0 Å². The van der Waals surface area contributed by atoms with E-state index in [4.69, 9.17) is 19.9 Å². The number of methoxy groups -OCH3 is 2. The van der Waals surface area contributed by atoms with Crippen molar-refractivity contribution in [1.82, 2.24) is 4.90 Å². The third kappa shape index (κ3) is 5.68. The predicted octanol–water partition coefficient (Wildman–Crippen LogP) is 1.47. The van der Waals surface area contributed by atoms with Crippen LogP contribution in [0.4, 0.5) is 10.5 Å². The summed E-state index contributed by atoms with van der Waals surface area (Å²) >= 11 is 0. The zero-order chi connectivity index (χ0) is 19.5. The van der Waals surface area contributed by atoms with Crippen LogP contribution in [0.15, 0.2) is 30.0 Å². The minimum Gasteiger partial charge on any atom is -0.493 e. The number of amides is 2. The third-order valence-corrected chi connectivity index (χ3v) is 3.16. The molecule has 0 fully saturated rings. The van der Waals surface area contributed by atoms with E-state index >= 15 is 0 Å². The number of nitrogens with one attached hydrogen (secondary N) is 1. The Kier molecular flexibility index (Phi) is 8.46. The Labute approximate surface area is 151 Å². The maximum Gasteiger partial charge on any atom is 0.413 e. The Hall–Kier alpha value is -3.25. The normalized spacial score (nSPS) is 10.5.